The average molecular weight is 629 g/mol. The normalized spacial score (nSPS) is 35.9. The molecule has 0 aliphatic heterocycles. The first-order valence-corrected chi connectivity index (χ1v) is 16.8. The van der Waals surface area contributed by atoms with Crippen molar-refractivity contribution in [3.05, 3.63) is 34.9 Å². The minimum atomic E-state index is -1.03. The maximum absolute atomic E-state index is 12.7. The van der Waals surface area contributed by atoms with Gasteiger partial charge in [0.1, 0.15) is 18.3 Å². The van der Waals surface area contributed by atoms with Crippen molar-refractivity contribution in [1.82, 2.24) is 0 Å². The minimum Gasteiger partial charge on any atom is -0.469 e. The summed E-state index contributed by atoms with van der Waals surface area (Å²) in [6.07, 6.45) is 3.18. The molecule has 252 valence electrons. The molecular weight excluding hydrogens is 572 g/mol. The van der Waals surface area contributed by atoms with Gasteiger partial charge in [-0.25, -0.2) is 0 Å². The van der Waals surface area contributed by atoms with E-state index in [9.17, 15) is 24.6 Å². The molecule has 4 aliphatic carbocycles. The van der Waals surface area contributed by atoms with Crippen LogP contribution in [0.4, 0.5) is 0 Å². The van der Waals surface area contributed by atoms with Gasteiger partial charge in [-0.15, -0.1) is 0 Å². The lowest BCUT2D eigenvalue weighted by Crippen LogP contribution is -2.63. The lowest BCUT2D eigenvalue weighted by Gasteiger charge is -2.62. The molecule has 0 radical (unpaired) electrons. The summed E-state index contributed by atoms with van der Waals surface area (Å²) in [5, 5.41) is 23.9. The predicted octanol–water partition coefficient (Wildman–Crippen LogP) is 6.24. The molecule has 9 atom stereocenters. The first-order chi connectivity index (χ1) is 20.9. The van der Waals surface area contributed by atoms with Crippen LogP contribution in [0, 0.1) is 39.9 Å². The molecule has 0 heterocycles. The smallest absolute Gasteiger partial charge is 0.306 e. The average Bonchev–Trinajstić information content (AvgIpc) is 3.31. The Labute approximate surface area is 269 Å². The van der Waals surface area contributed by atoms with Gasteiger partial charge in [0.25, 0.3) is 0 Å². The quantitative estimate of drug-likeness (QED) is 0.166. The number of methoxy groups -OCH3 is 1. The van der Waals surface area contributed by atoms with Crippen LogP contribution in [-0.2, 0) is 28.6 Å². The lowest BCUT2D eigenvalue weighted by atomic mass is 9.45. The summed E-state index contributed by atoms with van der Waals surface area (Å²) >= 11 is 0. The number of carbonyl (C=O) groups is 3. The first-order valence-electron chi connectivity index (χ1n) is 16.8. The number of hydrogen-bond donors (Lipinski definition) is 2. The predicted molar refractivity (Wildman–Crippen MR) is 172 cm³/mol. The van der Waals surface area contributed by atoms with Crippen LogP contribution in [-0.4, -0.2) is 59.6 Å². The third-order valence-corrected chi connectivity index (χ3v) is 12.2. The highest BCUT2D eigenvalue weighted by Gasteiger charge is 2.65. The van der Waals surface area contributed by atoms with E-state index in [1.54, 1.807) is 0 Å². The zero-order valence-corrected chi connectivity index (χ0v) is 28.9. The fourth-order valence-corrected chi connectivity index (χ4v) is 9.78. The molecule has 2 N–H and O–H groups in total. The minimum absolute atomic E-state index is 0.0266. The monoisotopic (exact) mass is 628 g/mol. The van der Waals surface area contributed by atoms with Crippen molar-refractivity contribution >= 4 is 17.9 Å². The number of carbonyl (C=O) groups excluding carboxylic acids is 3. The Balaban J connectivity index is 1.69. The Morgan fingerprint density at radius 2 is 1.64 bits per heavy atom. The Morgan fingerprint density at radius 1 is 1.00 bits per heavy atom. The van der Waals surface area contributed by atoms with Crippen molar-refractivity contribution in [2.24, 2.45) is 39.9 Å². The van der Waals surface area contributed by atoms with E-state index < -0.39 is 58.6 Å². The van der Waals surface area contributed by atoms with Crippen LogP contribution in [0.2, 0.25) is 0 Å². The summed E-state index contributed by atoms with van der Waals surface area (Å²) < 4.78 is 16.6. The van der Waals surface area contributed by atoms with Crippen LogP contribution in [0.3, 0.4) is 0 Å². The third-order valence-electron chi connectivity index (χ3n) is 12.2. The Hall–Kier alpha value is -2.45. The van der Waals surface area contributed by atoms with Crippen molar-refractivity contribution in [1.29, 1.82) is 0 Å². The Morgan fingerprint density at radius 3 is 2.24 bits per heavy atom. The van der Waals surface area contributed by atoms with Crippen molar-refractivity contribution in [2.45, 2.75) is 131 Å². The molecule has 0 aromatic heterocycles. The largest absolute Gasteiger partial charge is 0.469 e. The van der Waals surface area contributed by atoms with Crippen molar-refractivity contribution < 1.29 is 38.8 Å². The van der Waals surface area contributed by atoms with Gasteiger partial charge in [-0.1, -0.05) is 66.7 Å². The van der Waals surface area contributed by atoms with Crippen molar-refractivity contribution in [3.8, 4) is 0 Å². The molecule has 3 unspecified atom stereocenters. The number of hydrogen-bond acceptors (Lipinski definition) is 8. The highest BCUT2D eigenvalue weighted by atomic mass is 16.6. The molecule has 0 aromatic carbocycles. The molecule has 45 heavy (non-hydrogen) atoms. The Bertz CT molecular complexity index is 1260. The van der Waals surface area contributed by atoms with E-state index in [-0.39, 0.29) is 24.7 Å². The number of rotatable bonds is 10. The number of ether oxygens (including phenoxy) is 3. The van der Waals surface area contributed by atoms with Crippen LogP contribution in [0.1, 0.15) is 107 Å². The molecule has 0 saturated heterocycles. The number of fused-ring (bicyclic) bond motifs is 4. The molecule has 0 amide bonds. The SMILES string of the molecule is C=C(CC[C@@H](C)[C@H]1CC=C2C3=C([C@@H](O)[C@H](OC(C)=O)C21C)C1(C)C[C@@H](O)[C@H](OC(=O)CCC(=O)OC)C(C)(C)C1CC3)C(C)C. The lowest BCUT2D eigenvalue weighted by molar-refractivity contribution is -0.198. The van der Waals surface area contributed by atoms with E-state index in [2.05, 4.69) is 52.0 Å². The zero-order valence-electron chi connectivity index (χ0n) is 28.9. The fraction of sp³-hybridized carbons (Fsp3) is 0.757. The van der Waals surface area contributed by atoms with Gasteiger partial charge in [0.2, 0.25) is 0 Å². The third kappa shape index (κ3) is 6.18. The van der Waals surface area contributed by atoms with E-state index in [1.807, 2.05) is 13.8 Å². The summed E-state index contributed by atoms with van der Waals surface area (Å²) in [4.78, 5) is 36.9. The van der Waals surface area contributed by atoms with Gasteiger partial charge in [0, 0.05) is 17.8 Å². The summed E-state index contributed by atoms with van der Waals surface area (Å²) in [6.45, 7) is 20.6. The summed E-state index contributed by atoms with van der Waals surface area (Å²) in [5.41, 5.74) is 2.61. The topological polar surface area (TPSA) is 119 Å². The molecule has 0 bridgehead atoms. The fourth-order valence-electron chi connectivity index (χ4n) is 9.78. The summed E-state index contributed by atoms with van der Waals surface area (Å²) in [6, 6.07) is 0. The standard InChI is InChI=1S/C37H56O8/c1-20(2)21(3)11-12-22(4)25-14-15-26-24-13-16-28-35(6,7)33(45-30(41)18-17-29(40)43-10)27(39)19-36(28,8)31(24)32(42)34(37(25,26)9)44-23(5)38/h15,20,22,25,27-28,32-34,39,42H,3,11-14,16-19H2,1-2,4-10H3/t22-,25-,27-,28?,32-,33+,34+,36?,37?/m1/s1. The van der Waals surface area contributed by atoms with Crippen LogP contribution >= 0.6 is 0 Å². The van der Waals surface area contributed by atoms with Gasteiger partial charge in [0.05, 0.1) is 26.1 Å². The highest BCUT2D eigenvalue weighted by Crippen LogP contribution is 2.67. The van der Waals surface area contributed by atoms with Gasteiger partial charge >= 0.3 is 17.9 Å². The van der Waals surface area contributed by atoms with Crippen LogP contribution in [0.25, 0.3) is 0 Å². The molecule has 1 fully saturated rings. The summed E-state index contributed by atoms with van der Waals surface area (Å²) in [5.74, 6) is -0.548. The van der Waals surface area contributed by atoms with Crippen LogP contribution in [0.5, 0.6) is 0 Å². The van der Waals surface area contributed by atoms with Gasteiger partial charge in [-0.2, -0.15) is 0 Å². The van der Waals surface area contributed by atoms with Gasteiger partial charge in [0.15, 0.2) is 0 Å². The second kappa shape index (κ2) is 13.0. The van der Waals surface area contributed by atoms with Gasteiger partial charge in [-0.05, 0) is 84.3 Å². The zero-order chi connectivity index (χ0) is 33.6. The molecule has 8 heteroatoms. The summed E-state index contributed by atoms with van der Waals surface area (Å²) in [7, 11) is 1.27. The van der Waals surface area contributed by atoms with Gasteiger partial charge in [-0.3, -0.25) is 14.4 Å². The molecule has 4 aliphatic rings. The number of aliphatic hydroxyl groups excluding tert-OH is 2. The second-order valence-electron chi connectivity index (χ2n) is 15.5. The van der Waals surface area contributed by atoms with E-state index in [1.165, 1.54) is 25.2 Å². The van der Waals surface area contributed by atoms with Crippen LogP contribution in [0.15, 0.2) is 34.9 Å². The number of esters is 3. The van der Waals surface area contributed by atoms with E-state index in [4.69, 9.17) is 9.47 Å². The Kier molecular flexibility index (Phi) is 10.2. The molecule has 8 nitrogen and oxygen atoms in total. The molecule has 0 aromatic rings. The van der Waals surface area contributed by atoms with E-state index in [0.717, 1.165) is 43.3 Å². The highest BCUT2D eigenvalue weighted by molar-refractivity contribution is 5.77. The maximum Gasteiger partial charge on any atom is 0.306 e. The molecule has 4 rings (SSSR count). The first kappa shape index (κ1) is 35.4. The number of allylic oxidation sites excluding steroid dienone is 3. The second-order valence-corrected chi connectivity index (χ2v) is 15.5. The van der Waals surface area contributed by atoms with E-state index in [0.29, 0.717) is 18.3 Å². The maximum atomic E-state index is 12.7. The van der Waals surface area contributed by atoms with Gasteiger partial charge < -0.3 is 24.4 Å². The van der Waals surface area contributed by atoms with E-state index >= 15 is 0 Å². The molecule has 0 spiro atoms. The molecule has 1 saturated carbocycles. The van der Waals surface area contributed by atoms with Crippen LogP contribution < -0.4 is 0 Å². The van der Waals surface area contributed by atoms with Crippen molar-refractivity contribution in [2.75, 3.05) is 7.11 Å². The number of aliphatic hydroxyl groups is 2. The molecular formula is C37H56O8. The van der Waals surface area contributed by atoms with Crippen molar-refractivity contribution in [3.63, 3.8) is 0 Å².